The summed E-state index contributed by atoms with van der Waals surface area (Å²) in [6.45, 7) is 37.5. The molecule has 0 aliphatic carbocycles. The van der Waals surface area contributed by atoms with Crippen LogP contribution in [-0.4, -0.2) is 184 Å². The van der Waals surface area contributed by atoms with Crippen molar-refractivity contribution in [3.05, 3.63) is 271 Å². The molecule has 31 nitrogen and oxygen atoms in total. The molecule has 0 atom stereocenters. The Morgan fingerprint density at radius 1 is 0.400 bits per heavy atom. The first-order valence-electron chi connectivity index (χ1n) is 43.4. The number of aromatic nitrogens is 6. The van der Waals surface area contributed by atoms with Crippen molar-refractivity contribution in [1.82, 2.24) is 29.5 Å². The van der Waals surface area contributed by atoms with Crippen molar-refractivity contribution in [1.29, 1.82) is 0 Å². The lowest BCUT2D eigenvalue weighted by molar-refractivity contribution is -0.385. The minimum Gasteiger partial charge on any atom is -0.478 e. The van der Waals surface area contributed by atoms with Crippen molar-refractivity contribution in [3.63, 3.8) is 0 Å². The Morgan fingerprint density at radius 2 is 0.689 bits per heavy atom. The van der Waals surface area contributed by atoms with Crippen molar-refractivity contribution in [3.8, 4) is 68.0 Å². The number of nitro benzene ring substituents is 4. The van der Waals surface area contributed by atoms with Gasteiger partial charge in [0.25, 0.3) is 33.9 Å². The number of nitrogens with zero attached hydrogens (tertiary/aromatic N) is 9. The highest BCUT2D eigenvalue weighted by Gasteiger charge is 2.47. The molecule has 5 aliphatic heterocycles. The van der Waals surface area contributed by atoms with E-state index < -0.39 is 91.3 Å². The molecular formula is C94H114Br3F3N10O21Si4. The summed E-state index contributed by atoms with van der Waals surface area (Å²) in [5, 5.41) is 65.4. The van der Waals surface area contributed by atoms with Gasteiger partial charge in [-0.2, -0.15) is 0 Å². The number of pyridine rings is 6. The summed E-state index contributed by atoms with van der Waals surface area (Å²) >= 11 is 10.2. The van der Waals surface area contributed by atoms with E-state index in [2.05, 4.69) is 151 Å². The maximum absolute atomic E-state index is 15.2. The number of aromatic amines is 1. The molecule has 0 radical (unpaired) electrons. The van der Waals surface area contributed by atoms with Gasteiger partial charge >= 0.3 is 0 Å². The highest BCUT2D eigenvalue weighted by atomic mass is 79.9. The molecule has 5 saturated heterocycles. The number of benzene rings is 4. The number of non-ortho nitro benzene ring substituents is 4. The number of ether oxygens (including phenoxy) is 9. The van der Waals surface area contributed by atoms with E-state index in [1.54, 1.807) is 68.2 Å². The molecule has 0 unspecified atom stereocenters. The van der Waals surface area contributed by atoms with Gasteiger partial charge in [-0.25, -0.2) is 33.1 Å². The van der Waals surface area contributed by atoms with Gasteiger partial charge in [-0.15, -0.1) is 0 Å². The van der Waals surface area contributed by atoms with Crippen LogP contribution in [0.4, 0.5) is 35.9 Å². The minimum absolute atomic E-state index is 0.0119. The second kappa shape index (κ2) is 44.6. The van der Waals surface area contributed by atoms with Crippen LogP contribution < -0.4 is 30.1 Å². The fourth-order valence-corrected chi connectivity index (χ4v) is 18.1. The summed E-state index contributed by atoms with van der Waals surface area (Å²) in [6.07, 6.45) is 9.65. The first-order chi connectivity index (χ1) is 63.1. The Morgan fingerprint density at radius 3 is 1.03 bits per heavy atom. The Balaban J connectivity index is 0.000000169. The van der Waals surface area contributed by atoms with Crippen molar-refractivity contribution in [2.75, 3.05) is 92.5 Å². The van der Waals surface area contributed by atoms with Gasteiger partial charge in [0.05, 0.1) is 144 Å². The third-order valence-electron chi connectivity index (χ3n) is 22.5. The van der Waals surface area contributed by atoms with Crippen LogP contribution in [0.3, 0.4) is 0 Å². The van der Waals surface area contributed by atoms with E-state index in [9.17, 15) is 69.0 Å². The third kappa shape index (κ3) is 28.8. The average Bonchev–Trinajstić information content (AvgIpc) is 0.721. The Hall–Kier alpha value is -10.0. The largest absolute Gasteiger partial charge is 0.478 e. The van der Waals surface area contributed by atoms with Crippen molar-refractivity contribution >= 4 is 103 Å². The zero-order valence-electron chi connectivity index (χ0n) is 78.5. The molecule has 41 heteroatoms. The fourth-order valence-electron chi connectivity index (χ4n) is 13.8. The molecule has 135 heavy (non-hydrogen) atoms. The van der Waals surface area contributed by atoms with E-state index in [0.717, 1.165) is 66.5 Å². The molecule has 0 bridgehead atoms. The molecule has 6 aromatic heterocycles. The molecule has 5 aliphatic rings. The summed E-state index contributed by atoms with van der Waals surface area (Å²) in [4.78, 5) is 86.1. The third-order valence-corrected chi connectivity index (χ3v) is 30.8. The SMILES string of the molecule is C[Si](C)(C)CCOc1ncc(Br)cc1Br.C[Si](C)(C)CCOc1ncc(Br)cc1C1(O)COC1.Cc1ccc([N+](=O)[O-])cc1-c1c[nH]c(=O)c(C2(F)COC2)c1.Cc1ccc([N+](=O)[O-])cc1-c1cc(C2(F)COC2)c(=O)n(C)c1.Cc1ccc([N+](=O)[O-])cc1-c1cnc(OCC[Si](C)(C)C)c(C2(F)COC2)c1.Cc1ccc([N+](=O)[O-])cc1-c1cnc(OCC[Si](C)(C)C)c(C2(O)COC2)c1. The van der Waals surface area contributed by atoms with E-state index in [0.29, 0.717) is 112 Å². The van der Waals surface area contributed by atoms with Crippen LogP contribution >= 0.6 is 47.8 Å². The summed E-state index contributed by atoms with van der Waals surface area (Å²) in [7, 11) is -3.17. The van der Waals surface area contributed by atoms with E-state index >= 15 is 4.39 Å². The lowest BCUT2D eigenvalue weighted by Gasteiger charge is -2.37. The number of H-pyrrole nitrogens is 1. The van der Waals surface area contributed by atoms with Gasteiger partial charge in [0.1, 0.15) is 11.2 Å². The molecule has 11 heterocycles. The van der Waals surface area contributed by atoms with Crippen molar-refractivity contribution in [2.24, 2.45) is 7.05 Å². The summed E-state index contributed by atoms with van der Waals surface area (Å²) < 4.78 is 96.6. The number of halogens is 6. The number of aryl methyl sites for hydroxylation is 5. The van der Waals surface area contributed by atoms with E-state index in [-0.39, 0.29) is 92.6 Å². The van der Waals surface area contributed by atoms with Gasteiger partial charge < -0.3 is 62.4 Å². The minimum atomic E-state index is -1.79. The second-order valence-electron chi connectivity index (χ2n) is 38.9. The molecule has 15 rings (SSSR count). The van der Waals surface area contributed by atoms with Gasteiger partial charge in [0.15, 0.2) is 17.0 Å². The van der Waals surface area contributed by atoms with Crippen LogP contribution in [0, 0.1) is 68.2 Å². The first kappa shape index (κ1) is 107. The molecule has 0 saturated carbocycles. The standard InChI is InChI=1S/C20H25FN2O4Si.C20H26N2O5Si.C16H15FN2O4.C15H13FN2O4.C13H20BrNO3Si.C10H15Br2NOSi/c1-14-5-6-16(23(24)25)10-17(14)15-9-18(20(21)12-26-13-20)19(22-11-15)27-7-8-28(2,3)4;1-14-5-6-16(22(24)25)10-17(14)15-9-18(20(23)12-26-13-20)19(21-11-15)27-7-8-28(2,3)4;1-10-3-4-12(19(21)22)6-13(10)11-5-14(15(20)18(2)7-11)16(17)8-23-9-16;1-9-2-3-11(18(20)21)5-12(9)10-4-13(14(19)17-6-10)15(16)7-22-8-15;1-19(2,3)5-4-18-12-11(6-10(14)7-15-12)13(16)8-17-9-13;1-15(2,3)5-4-14-10-9(12)6-8(11)7-13-10/h5-6,9-11H,7-8,12-13H2,1-4H3;5-6,9-11,23H,7-8,12-13H2,1-4H3;3-7H,8-9H2,1-2H3;2-6H,7-8H2,1H3,(H,17,19);6-7,16H,4-5,8-9H2,1-3H3;6-7H,4-5H2,1-3H3. The van der Waals surface area contributed by atoms with Gasteiger partial charge in [-0.05, 0) is 192 Å². The van der Waals surface area contributed by atoms with Crippen LogP contribution in [-0.2, 0) is 58.9 Å². The monoisotopic (exact) mass is 2120 g/mol. The number of nitro groups is 4. The van der Waals surface area contributed by atoms with Gasteiger partial charge in [0, 0.05) is 145 Å². The zero-order chi connectivity index (χ0) is 99.3. The molecule has 0 amide bonds. The van der Waals surface area contributed by atoms with Crippen LogP contribution in [0.25, 0.3) is 44.5 Å². The predicted octanol–water partition coefficient (Wildman–Crippen LogP) is 20.8. The number of aliphatic hydroxyl groups is 2. The highest BCUT2D eigenvalue weighted by Crippen LogP contribution is 2.45. The van der Waals surface area contributed by atoms with Crippen LogP contribution in [0.15, 0.2) is 169 Å². The van der Waals surface area contributed by atoms with E-state index in [4.69, 9.17) is 42.6 Å². The lowest BCUT2D eigenvalue weighted by Crippen LogP contribution is -2.47. The van der Waals surface area contributed by atoms with Gasteiger partial charge in [-0.1, -0.05) is 103 Å². The Bertz CT molecular complexity index is 5950. The van der Waals surface area contributed by atoms with Crippen molar-refractivity contribution < 1.29 is 85.7 Å². The number of alkyl halides is 3. The molecule has 5 fully saturated rings. The maximum atomic E-state index is 15.2. The summed E-state index contributed by atoms with van der Waals surface area (Å²) in [5.41, 5.74) is 1.54. The lowest BCUT2D eigenvalue weighted by atomic mass is 9.90. The smallest absolute Gasteiger partial charge is 0.270 e. The predicted molar refractivity (Wildman–Crippen MR) is 531 cm³/mol. The topological polar surface area (TPSA) is 403 Å². The van der Waals surface area contributed by atoms with E-state index in [1.165, 1.54) is 78.5 Å². The number of nitrogens with one attached hydrogen (secondary N) is 1. The average molecular weight is 2130 g/mol. The number of hydrogen-bond donors (Lipinski definition) is 3. The van der Waals surface area contributed by atoms with Crippen LogP contribution in [0.5, 0.6) is 23.5 Å². The molecule has 0 spiro atoms. The molecule has 4 aromatic carbocycles. The molecule has 724 valence electrons. The van der Waals surface area contributed by atoms with Crippen molar-refractivity contribution in [2.45, 2.75) is 159 Å². The zero-order valence-corrected chi connectivity index (χ0v) is 87.3. The fraction of sp³-hybridized carbons (Fsp3) is 0.426. The molecule has 10 aromatic rings. The van der Waals surface area contributed by atoms with Crippen LogP contribution in [0.2, 0.25) is 103 Å². The first-order valence-corrected chi connectivity index (χ1v) is 60.7. The Labute approximate surface area is 809 Å². The van der Waals surface area contributed by atoms with Gasteiger partial charge in [0.2, 0.25) is 23.5 Å². The quantitative estimate of drug-likeness (QED) is 0.0223. The Kier molecular flexibility index (Phi) is 35.4. The van der Waals surface area contributed by atoms with E-state index in [1.807, 2.05) is 39.0 Å². The normalized spacial score (nSPS) is 15.7. The maximum Gasteiger partial charge on any atom is 0.270 e. The number of hydrogen-bond acceptors (Lipinski definition) is 25. The molecular weight excluding hydrogens is 2010 g/mol. The highest BCUT2D eigenvalue weighted by molar-refractivity contribution is 9.11. The van der Waals surface area contributed by atoms with Gasteiger partial charge in [-0.3, -0.25) is 50.0 Å². The second-order valence-corrected chi connectivity index (χ2v) is 64.0. The summed E-state index contributed by atoms with van der Waals surface area (Å²) in [6, 6.07) is 32.6. The summed E-state index contributed by atoms with van der Waals surface area (Å²) in [5.74, 6) is 1.87. The van der Waals surface area contributed by atoms with Crippen LogP contribution in [0.1, 0.15) is 50.1 Å². The molecule has 3 N–H and O–H groups in total. The number of rotatable bonds is 29.